The van der Waals surface area contributed by atoms with Crippen molar-refractivity contribution < 1.29 is 0 Å². The average molecular weight is 448 g/mol. The van der Waals surface area contributed by atoms with E-state index >= 15 is 0 Å². The molecule has 0 atom stereocenters. The van der Waals surface area contributed by atoms with Crippen LogP contribution in [-0.4, -0.2) is 23.3 Å². The molecule has 0 bridgehead atoms. The topological polar surface area (TPSA) is 30.9 Å². The smallest absolute Gasteiger partial charge is 0.154 e. The Morgan fingerprint density at radius 2 is 1.70 bits per heavy atom. The van der Waals surface area contributed by atoms with E-state index in [1.54, 1.807) is 17.3 Å². The molecule has 1 aliphatic heterocycles. The average Bonchev–Trinajstić information content (AvgIpc) is 3.48. The third-order valence-electron chi connectivity index (χ3n) is 5.19. The number of hydrazone groups is 1. The molecule has 2 saturated carbocycles. The Kier molecular flexibility index (Phi) is 5.71. The fourth-order valence-corrected chi connectivity index (χ4v) is 4.97. The largest absolute Gasteiger partial charge is 0.352 e. The lowest BCUT2D eigenvalue weighted by atomic mass is 10.0. The van der Waals surface area contributed by atoms with E-state index in [1.165, 1.54) is 25.7 Å². The van der Waals surface area contributed by atoms with Gasteiger partial charge in [-0.3, -0.25) is 5.43 Å². The van der Waals surface area contributed by atoms with Crippen LogP contribution in [0.5, 0.6) is 0 Å². The van der Waals surface area contributed by atoms with Crippen molar-refractivity contribution in [3.63, 3.8) is 0 Å². The van der Waals surface area contributed by atoms with Crippen molar-refractivity contribution in [1.29, 1.82) is 0 Å². The molecule has 0 radical (unpaired) electrons. The standard InChI is InChI=1S/C19H22Cl4N4/c1-2-7-26(18(11-3-4-11)12-5-6-12)17-10-16(23)24-27(25-17)19-14(21)8-13(20)9-15(19)22/h8-12,18,24H,2-7H2,1H3. The Morgan fingerprint density at radius 1 is 1.11 bits per heavy atom. The monoisotopic (exact) mass is 446 g/mol. The van der Waals surface area contributed by atoms with Crippen LogP contribution in [0, 0.1) is 11.8 Å². The lowest BCUT2D eigenvalue weighted by molar-refractivity contribution is 0.252. The fraction of sp³-hybridized carbons (Fsp3) is 0.526. The highest BCUT2D eigenvalue weighted by Crippen LogP contribution is 2.47. The van der Waals surface area contributed by atoms with E-state index in [0.29, 0.717) is 32.0 Å². The zero-order chi connectivity index (χ0) is 19.1. The van der Waals surface area contributed by atoms with Gasteiger partial charge in [-0.15, -0.1) is 5.10 Å². The van der Waals surface area contributed by atoms with Crippen LogP contribution in [0.25, 0.3) is 0 Å². The van der Waals surface area contributed by atoms with Gasteiger partial charge in [-0.2, -0.15) is 5.12 Å². The second-order valence-electron chi connectivity index (χ2n) is 7.45. The summed E-state index contributed by atoms with van der Waals surface area (Å²) in [4.78, 5) is 2.43. The molecule has 0 spiro atoms. The first kappa shape index (κ1) is 19.5. The van der Waals surface area contributed by atoms with E-state index < -0.39 is 0 Å². The molecule has 4 rings (SSSR count). The van der Waals surface area contributed by atoms with Gasteiger partial charge in [-0.1, -0.05) is 53.3 Å². The minimum atomic E-state index is 0.414. The lowest BCUT2D eigenvalue weighted by Gasteiger charge is -2.37. The Bertz CT molecular complexity index is 751. The van der Waals surface area contributed by atoms with Gasteiger partial charge in [0.05, 0.1) is 10.0 Å². The molecule has 1 aromatic rings. The molecule has 0 amide bonds. The van der Waals surface area contributed by atoms with Crippen LogP contribution in [0.1, 0.15) is 39.0 Å². The number of hydrogen-bond acceptors (Lipinski definition) is 4. The minimum absolute atomic E-state index is 0.414. The number of anilines is 1. The van der Waals surface area contributed by atoms with Crippen LogP contribution < -0.4 is 10.5 Å². The molecular formula is C19H22Cl4N4. The quantitative estimate of drug-likeness (QED) is 0.521. The molecule has 2 aliphatic carbocycles. The van der Waals surface area contributed by atoms with Gasteiger partial charge in [-0.05, 0) is 56.1 Å². The summed E-state index contributed by atoms with van der Waals surface area (Å²) in [6.45, 7) is 3.15. The molecule has 1 N–H and O–H groups in total. The van der Waals surface area contributed by atoms with Gasteiger partial charge in [0, 0.05) is 23.7 Å². The predicted molar refractivity (Wildman–Crippen MR) is 115 cm³/mol. The van der Waals surface area contributed by atoms with Crippen LogP contribution in [0.2, 0.25) is 15.1 Å². The molecule has 0 saturated heterocycles. The van der Waals surface area contributed by atoms with E-state index in [4.69, 9.17) is 51.5 Å². The van der Waals surface area contributed by atoms with E-state index in [0.717, 1.165) is 30.6 Å². The maximum absolute atomic E-state index is 6.42. The number of hydrazine groups is 1. The Balaban J connectivity index is 1.69. The third kappa shape index (κ3) is 4.29. The zero-order valence-electron chi connectivity index (χ0n) is 15.1. The first-order valence-electron chi connectivity index (χ1n) is 9.41. The van der Waals surface area contributed by atoms with E-state index in [-0.39, 0.29) is 0 Å². The first-order chi connectivity index (χ1) is 13.0. The summed E-state index contributed by atoms with van der Waals surface area (Å²) in [6.07, 6.45) is 8.18. The van der Waals surface area contributed by atoms with E-state index in [9.17, 15) is 0 Å². The van der Waals surface area contributed by atoms with Crippen molar-refractivity contribution in [1.82, 2.24) is 10.3 Å². The summed E-state index contributed by atoms with van der Waals surface area (Å²) in [7, 11) is 0. The molecule has 2 fully saturated rings. The molecule has 1 aromatic carbocycles. The normalized spacial score (nSPS) is 19.7. The number of nitrogens with zero attached hydrogens (tertiary/aromatic N) is 3. The van der Waals surface area contributed by atoms with Gasteiger partial charge in [-0.25, -0.2) is 0 Å². The highest BCUT2D eigenvalue weighted by atomic mass is 35.5. The van der Waals surface area contributed by atoms with Crippen molar-refractivity contribution in [3.05, 3.63) is 38.4 Å². The fourth-order valence-electron chi connectivity index (χ4n) is 3.81. The summed E-state index contributed by atoms with van der Waals surface area (Å²) < 4.78 is 0. The predicted octanol–water partition coefficient (Wildman–Crippen LogP) is 6.27. The van der Waals surface area contributed by atoms with E-state index in [1.807, 2.05) is 6.08 Å². The summed E-state index contributed by atoms with van der Waals surface area (Å²) >= 11 is 25.2. The van der Waals surface area contributed by atoms with Gasteiger partial charge in [0.1, 0.15) is 10.8 Å². The maximum atomic E-state index is 6.42. The highest BCUT2D eigenvalue weighted by molar-refractivity contribution is 6.42. The van der Waals surface area contributed by atoms with Crippen molar-refractivity contribution in [2.75, 3.05) is 11.7 Å². The maximum Gasteiger partial charge on any atom is 0.154 e. The SMILES string of the molecule is CCCN(C1=NN(c2c(Cl)cc(Cl)cc2Cl)NC(Cl)=C1)C(C1CC1)C1CC1. The van der Waals surface area contributed by atoms with Gasteiger partial charge < -0.3 is 4.90 Å². The van der Waals surface area contributed by atoms with Crippen LogP contribution in [0.4, 0.5) is 5.69 Å². The van der Waals surface area contributed by atoms with Crippen LogP contribution in [0.15, 0.2) is 28.5 Å². The number of benzene rings is 1. The summed E-state index contributed by atoms with van der Waals surface area (Å²) in [5.74, 6) is 2.39. The number of nitrogens with one attached hydrogen (secondary N) is 1. The van der Waals surface area contributed by atoms with Crippen molar-refractivity contribution in [3.8, 4) is 0 Å². The molecule has 1 heterocycles. The summed E-state index contributed by atoms with van der Waals surface area (Å²) in [5.41, 5.74) is 3.56. The number of amidine groups is 1. The van der Waals surface area contributed by atoms with Crippen LogP contribution >= 0.6 is 46.4 Å². The van der Waals surface area contributed by atoms with Crippen molar-refractivity contribution >= 4 is 57.9 Å². The first-order valence-corrected chi connectivity index (χ1v) is 10.9. The third-order valence-corrected chi connectivity index (χ3v) is 6.18. The van der Waals surface area contributed by atoms with Crippen LogP contribution in [-0.2, 0) is 0 Å². The van der Waals surface area contributed by atoms with Crippen LogP contribution in [0.3, 0.4) is 0 Å². The molecule has 3 aliphatic rings. The zero-order valence-corrected chi connectivity index (χ0v) is 18.1. The van der Waals surface area contributed by atoms with Crippen molar-refractivity contribution in [2.45, 2.75) is 45.1 Å². The van der Waals surface area contributed by atoms with Gasteiger partial charge in [0.15, 0.2) is 5.84 Å². The Hall–Kier alpha value is -0.810. The number of hydrogen-bond donors (Lipinski definition) is 1. The van der Waals surface area contributed by atoms with Gasteiger partial charge >= 0.3 is 0 Å². The number of halogens is 4. The molecular weight excluding hydrogens is 426 g/mol. The number of rotatable bonds is 6. The second-order valence-corrected chi connectivity index (χ2v) is 9.11. The van der Waals surface area contributed by atoms with Gasteiger partial charge in [0.2, 0.25) is 0 Å². The van der Waals surface area contributed by atoms with E-state index in [2.05, 4.69) is 17.2 Å². The Labute approximate surface area is 180 Å². The molecule has 4 nitrogen and oxygen atoms in total. The van der Waals surface area contributed by atoms with Gasteiger partial charge in [0.25, 0.3) is 0 Å². The molecule has 0 unspecified atom stereocenters. The summed E-state index contributed by atoms with van der Waals surface area (Å²) in [6, 6.07) is 3.84. The minimum Gasteiger partial charge on any atom is -0.352 e. The lowest BCUT2D eigenvalue weighted by Crippen LogP contribution is -2.47. The second kappa shape index (κ2) is 7.90. The molecule has 146 valence electrons. The summed E-state index contributed by atoms with van der Waals surface area (Å²) in [5, 5.41) is 8.15. The van der Waals surface area contributed by atoms with Crippen molar-refractivity contribution in [2.24, 2.45) is 16.9 Å². The highest BCUT2D eigenvalue weighted by Gasteiger charge is 2.45. The molecule has 8 heteroatoms. The molecule has 0 aromatic heterocycles. The molecule has 27 heavy (non-hydrogen) atoms. The Morgan fingerprint density at radius 3 is 2.22 bits per heavy atom.